The Balaban J connectivity index is 1.76. The number of anilines is 1. The predicted molar refractivity (Wildman–Crippen MR) is 121 cm³/mol. The summed E-state index contributed by atoms with van der Waals surface area (Å²) in [7, 11) is 5.98. The van der Waals surface area contributed by atoms with E-state index in [1.807, 2.05) is 30.3 Å². The maximum Gasteiger partial charge on any atom is 0.249 e. The molecule has 33 heavy (non-hydrogen) atoms. The molecule has 0 radical (unpaired) electrons. The first-order valence-electron chi connectivity index (χ1n) is 10.5. The summed E-state index contributed by atoms with van der Waals surface area (Å²) in [6.45, 7) is 0. The molecule has 2 aliphatic rings. The van der Waals surface area contributed by atoms with Gasteiger partial charge in [-0.25, -0.2) is 5.01 Å². The predicted octanol–water partition coefficient (Wildman–Crippen LogP) is 2.00. The number of nitrogens with one attached hydrogen (secondary N) is 1. The Labute approximate surface area is 192 Å². The maximum absolute atomic E-state index is 13.0. The average Bonchev–Trinajstić information content (AvgIpc) is 3.07. The molecule has 4 atom stereocenters. The normalized spacial score (nSPS) is 23.3. The summed E-state index contributed by atoms with van der Waals surface area (Å²) >= 11 is 0. The van der Waals surface area contributed by atoms with E-state index in [-0.39, 0.29) is 11.8 Å². The molecule has 0 bridgehead atoms. The van der Waals surface area contributed by atoms with E-state index in [9.17, 15) is 14.7 Å². The van der Waals surface area contributed by atoms with Gasteiger partial charge in [0.25, 0.3) is 0 Å². The number of methoxy groups -OCH3 is 3. The van der Waals surface area contributed by atoms with Gasteiger partial charge in [0.15, 0.2) is 11.5 Å². The fourth-order valence-corrected chi connectivity index (χ4v) is 4.34. The lowest BCUT2D eigenvalue weighted by atomic mass is 9.90. The van der Waals surface area contributed by atoms with Crippen molar-refractivity contribution in [2.75, 3.05) is 33.8 Å². The summed E-state index contributed by atoms with van der Waals surface area (Å²) in [4.78, 5) is 26.7. The quantitative estimate of drug-likeness (QED) is 0.485. The number of rotatable bonds is 7. The number of fused-ring (bicyclic) bond motifs is 1. The van der Waals surface area contributed by atoms with Crippen molar-refractivity contribution in [2.24, 2.45) is 5.92 Å². The van der Waals surface area contributed by atoms with Crippen molar-refractivity contribution in [1.29, 1.82) is 0 Å². The smallest absolute Gasteiger partial charge is 0.249 e. The van der Waals surface area contributed by atoms with Crippen molar-refractivity contribution in [2.45, 2.75) is 18.2 Å². The lowest BCUT2D eigenvalue weighted by Crippen LogP contribution is -2.55. The number of aliphatic hydroxyl groups is 1. The molecular weight excluding hydrogens is 426 g/mol. The van der Waals surface area contributed by atoms with Gasteiger partial charge < -0.3 is 24.7 Å². The number of hydrogen-bond donors (Lipinski definition) is 2. The number of carbonyl (C=O) groups is 2. The lowest BCUT2D eigenvalue weighted by Gasteiger charge is -2.40. The minimum Gasteiger partial charge on any atom is -0.493 e. The van der Waals surface area contributed by atoms with Gasteiger partial charge in [0.2, 0.25) is 17.6 Å². The number of aliphatic hydroxyl groups excluding tert-OH is 1. The van der Waals surface area contributed by atoms with E-state index < -0.39 is 24.1 Å². The zero-order valence-electron chi connectivity index (χ0n) is 18.9. The second-order valence-electron chi connectivity index (χ2n) is 7.87. The number of hydrogen-bond acceptors (Lipinski definition) is 8. The molecule has 9 nitrogen and oxygen atoms in total. The molecule has 0 spiro atoms. The van der Waals surface area contributed by atoms with Crippen LogP contribution in [0.5, 0.6) is 17.2 Å². The highest BCUT2D eigenvalue weighted by molar-refractivity contribution is 6.08. The van der Waals surface area contributed by atoms with Gasteiger partial charge in [-0.15, -0.1) is 0 Å². The van der Waals surface area contributed by atoms with Crippen LogP contribution in [0.2, 0.25) is 0 Å². The molecule has 2 amide bonds. The van der Waals surface area contributed by atoms with Crippen molar-refractivity contribution < 1.29 is 28.9 Å². The van der Waals surface area contributed by atoms with Gasteiger partial charge >= 0.3 is 0 Å². The highest BCUT2D eigenvalue weighted by atomic mass is 16.5. The maximum atomic E-state index is 13.0. The van der Waals surface area contributed by atoms with E-state index in [4.69, 9.17) is 14.2 Å². The molecule has 4 rings (SSSR count). The Morgan fingerprint density at radius 2 is 1.58 bits per heavy atom. The van der Waals surface area contributed by atoms with Gasteiger partial charge in [0.05, 0.1) is 33.3 Å². The number of imide groups is 1. The monoisotopic (exact) mass is 453 g/mol. The number of likely N-dealkylation sites (tertiary alicyclic amines) is 1. The Hall–Kier alpha value is -3.56. The van der Waals surface area contributed by atoms with Crippen LogP contribution in [-0.2, 0) is 9.59 Å². The zero-order valence-corrected chi connectivity index (χ0v) is 18.9. The molecule has 2 heterocycles. The van der Waals surface area contributed by atoms with Gasteiger partial charge in [0.1, 0.15) is 12.1 Å². The van der Waals surface area contributed by atoms with E-state index >= 15 is 0 Å². The largest absolute Gasteiger partial charge is 0.493 e. The highest BCUT2D eigenvalue weighted by Gasteiger charge is 2.52. The molecule has 2 N–H and O–H groups in total. The summed E-state index contributed by atoms with van der Waals surface area (Å²) in [6.07, 6.45) is 2.36. The Morgan fingerprint density at radius 1 is 0.939 bits per heavy atom. The number of para-hydroxylation sites is 1. The molecule has 2 aromatic rings. The second-order valence-corrected chi connectivity index (χ2v) is 7.87. The van der Waals surface area contributed by atoms with E-state index in [1.54, 1.807) is 29.3 Å². The molecule has 0 aliphatic carbocycles. The van der Waals surface area contributed by atoms with Crippen molar-refractivity contribution in [3.63, 3.8) is 0 Å². The number of benzene rings is 2. The number of nitrogens with zero attached hydrogens (tertiary/aromatic N) is 2. The van der Waals surface area contributed by atoms with Crippen LogP contribution in [0.25, 0.3) is 0 Å². The SMILES string of the molecule is COc1cc(C(O)C2C=CC3C(=O)N(C)C(=O)C3N2Nc2ccccc2)cc(OC)c1OC. The van der Waals surface area contributed by atoms with Crippen LogP contribution < -0.4 is 19.6 Å². The van der Waals surface area contributed by atoms with Crippen LogP contribution in [0.3, 0.4) is 0 Å². The summed E-state index contributed by atoms with van der Waals surface area (Å²) in [6, 6.07) is 11.2. The van der Waals surface area contributed by atoms with Gasteiger partial charge in [-0.1, -0.05) is 30.4 Å². The van der Waals surface area contributed by atoms with Crippen molar-refractivity contribution in [3.05, 3.63) is 60.2 Å². The summed E-state index contributed by atoms with van der Waals surface area (Å²) in [5.41, 5.74) is 4.47. The second kappa shape index (κ2) is 9.13. The Morgan fingerprint density at radius 3 is 2.15 bits per heavy atom. The van der Waals surface area contributed by atoms with Gasteiger partial charge in [0, 0.05) is 12.7 Å². The molecule has 1 saturated heterocycles. The van der Waals surface area contributed by atoms with Crippen molar-refractivity contribution in [1.82, 2.24) is 9.91 Å². The highest BCUT2D eigenvalue weighted by Crippen LogP contribution is 2.42. The number of likely N-dealkylation sites (N-methyl/N-ethyl adjacent to an activating group) is 1. The molecule has 4 unspecified atom stereocenters. The van der Waals surface area contributed by atoms with E-state index in [0.29, 0.717) is 22.8 Å². The van der Waals surface area contributed by atoms with E-state index in [2.05, 4.69) is 5.43 Å². The third-order valence-corrected chi connectivity index (χ3v) is 6.06. The Bertz CT molecular complexity index is 1050. The third kappa shape index (κ3) is 3.90. The first kappa shape index (κ1) is 22.6. The fourth-order valence-electron chi connectivity index (χ4n) is 4.34. The van der Waals surface area contributed by atoms with Crippen LogP contribution in [-0.4, -0.2) is 67.3 Å². The summed E-state index contributed by atoms with van der Waals surface area (Å²) in [5.74, 6) is -0.0348. The molecule has 9 heteroatoms. The van der Waals surface area contributed by atoms with Crippen molar-refractivity contribution >= 4 is 17.5 Å². The fraction of sp³-hybridized carbons (Fsp3) is 0.333. The molecule has 174 valence electrons. The number of amides is 2. The van der Waals surface area contributed by atoms with Crippen LogP contribution in [0, 0.1) is 5.92 Å². The minimum atomic E-state index is -1.08. The van der Waals surface area contributed by atoms with Gasteiger partial charge in [-0.3, -0.25) is 14.5 Å². The zero-order chi connectivity index (χ0) is 23.7. The number of hydrazine groups is 1. The van der Waals surface area contributed by atoms with Crippen LogP contribution >= 0.6 is 0 Å². The molecule has 2 aromatic carbocycles. The van der Waals surface area contributed by atoms with E-state index in [1.165, 1.54) is 28.4 Å². The molecule has 0 saturated carbocycles. The first-order valence-corrected chi connectivity index (χ1v) is 10.5. The van der Waals surface area contributed by atoms with Gasteiger partial charge in [-0.2, -0.15) is 0 Å². The Kier molecular flexibility index (Phi) is 6.26. The van der Waals surface area contributed by atoms with Crippen LogP contribution in [0.1, 0.15) is 11.7 Å². The standard InChI is InChI=1S/C24H27N3O6/c1-26-23(29)16-10-11-17(27(20(16)24(26)30)25-15-8-6-5-7-9-15)21(28)14-12-18(31-2)22(33-4)19(13-14)32-3/h5-13,16-17,20-21,25,28H,1-4H3. The lowest BCUT2D eigenvalue weighted by molar-refractivity contribution is -0.138. The van der Waals surface area contributed by atoms with Crippen LogP contribution in [0.4, 0.5) is 5.69 Å². The topological polar surface area (TPSA) is 101 Å². The summed E-state index contributed by atoms with van der Waals surface area (Å²) < 4.78 is 16.2. The van der Waals surface area contributed by atoms with Gasteiger partial charge in [-0.05, 0) is 29.8 Å². The number of carbonyl (C=O) groups excluding carboxylic acids is 2. The molecule has 2 aliphatic heterocycles. The van der Waals surface area contributed by atoms with E-state index in [0.717, 1.165) is 10.6 Å². The third-order valence-electron chi connectivity index (χ3n) is 6.06. The summed E-state index contributed by atoms with van der Waals surface area (Å²) in [5, 5.41) is 13.1. The molecule has 1 fully saturated rings. The van der Waals surface area contributed by atoms with Crippen molar-refractivity contribution in [3.8, 4) is 17.2 Å². The molecular formula is C24H27N3O6. The number of ether oxygens (including phenoxy) is 3. The van der Waals surface area contributed by atoms with Crippen LogP contribution in [0.15, 0.2) is 54.6 Å². The first-order chi connectivity index (χ1) is 15.9. The average molecular weight is 453 g/mol. The minimum absolute atomic E-state index is 0.276. The molecule has 0 aromatic heterocycles.